The van der Waals surface area contributed by atoms with Gasteiger partial charge >= 0.3 is 0 Å². The van der Waals surface area contributed by atoms with Crippen LogP contribution in [0.4, 0.5) is 11.6 Å². The standard InChI is InChI=1S/C22H23ClN4O2/c1-15-13-16(2)26-22(25-15)24-12-6-9-21(28)27-19-14-17(23)10-11-20(19)29-18-7-4-3-5-8-18/h3-5,7-8,10-11,13-14H,6,9,12H2,1-2H3,(H,27,28)(H,24,25,26). The second-order valence-electron chi connectivity index (χ2n) is 6.61. The lowest BCUT2D eigenvalue weighted by Gasteiger charge is -2.13. The van der Waals surface area contributed by atoms with E-state index in [4.69, 9.17) is 16.3 Å². The summed E-state index contributed by atoms with van der Waals surface area (Å²) in [5.41, 5.74) is 2.35. The molecule has 3 rings (SSSR count). The first-order valence-corrected chi connectivity index (χ1v) is 9.76. The molecule has 0 aliphatic heterocycles. The summed E-state index contributed by atoms with van der Waals surface area (Å²) in [7, 11) is 0. The van der Waals surface area contributed by atoms with Gasteiger partial charge in [0.2, 0.25) is 11.9 Å². The topological polar surface area (TPSA) is 76.1 Å². The second kappa shape index (κ2) is 9.89. The number of aromatic nitrogens is 2. The quantitative estimate of drug-likeness (QED) is 0.488. The molecule has 7 heteroatoms. The van der Waals surface area contributed by atoms with E-state index in [2.05, 4.69) is 20.6 Å². The number of para-hydroxylation sites is 1. The molecule has 0 fully saturated rings. The maximum absolute atomic E-state index is 12.4. The van der Waals surface area contributed by atoms with Gasteiger partial charge in [0.05, 0.1) is 5.69 Å². The van der Waals surface area contributed by atoms with E-state index in [-0.39, 0.29) is 5.91 Å². The number of hydrogen-bond acceptors (Lipinski definition) is 5. The molecule has 2 aromatic carbocycles. The Morgan fingerprint density at radius 2 is 1.76 bits per heavy atom. The summed E-state index contributed by atoms with van der Waals surface area (Å²) >= 11 is 6.09. The van der Waals surface area contributed by atoms with Crippen molar-refractivity contribution in [2.24, 2.45) is 0 Å². The molecule has 150 valence electrons. The summed E-state index contributed by atoms with van der Waals surface area (Å²) in [4.78, 5) is 21.0. The van der Waals surface area contributed by atoms with Crippen molar-refractivity contribution in [3.63, 3.8) is 0 Å². The Balaban J connectivity index is 1.54. The lowest BCUT2D eigenvalue weighted by Crippen LogP contribution is -2.14. The number of ether oxygens (including phenoxy) is 1. The highest BCUT2D eigenvalue weighted by Gasteiger charge is 2.10. The minimum atomic E-state index is -0.117. The van der Waals surface area contributed by atoms with Gasteiger partial charge in [0, 0.05) is 29.4 Å². The van der Waals surface area contributed by atoms with Crippen molar-refractivity contribution >= 4 is 29.1 Å². The summed E-state index contributed by atoms with van der Waals surface area (Å²) in [6, 6.07) is 16.4. The molecule has 2 N–H and O–H groups in total. The number of benzene rings is 2. The average molecular weight is 411 g/mol. The van der Waals surface area contributed by atoms with Crippen molar-refractivity contribution in [1.82, 2.24) is 9.97 Å². The Hall–Kier alpha value is -3.12. The summed E-state index contributed by atoms with van der Waals surface area (Å²) in [5.74, 6) is 1.68. The molecule has 0 aliphatic rings. The number of nitrogens with one attached hydrogen (secondary N) is 2. The molecule has 0 unspecified atom stereocenters. The van der Waals surface area contributed by atoms with Gasteiger partial charge in [-0.3, -0.25) is 4.79 Å². The maximum Gasteiger partial charge on any atom is 0.224 e. The largest absolute Gasteiger partial charge is 0.455 e. The summed E-state index contributed by atoms with van der Waals surface area (Å²) in [5, 5.41) is 6.55. The Bertz CT molecular complexity index is 960. The number of aryl methyl sites for hydroxylation is 2. The Labute approximate surface area is 175 Å². The number of hydrogen-bond donors (Lipinski definition) is 2. The van der Waals surface area contributed by atoms with Crippen LogP contribution in [0, 0.1) is 13.8 Å². The van der Waals surface area contributed by atoms with Crippen molar-refractivity contribution in [2.45, 2.75) is 26.7 Å². The van der Waals surface area contributed by atoms with Crippen molar-refractivity contribution in [2.75, 3.05) is 17.2 Å². The zero-order chi connectivity index (χ0) is 20.6. The predicted octanol–water partition coefficient (Wildman–Crippen LogP) is 5.37. The van der Waals surface area contributed by atoms with Crippen LogP contribution in [0.25, 0.3) is 0 Å². The Morgan fingerprint density at radius 1 is 1.03 bits per heavy atom. The van der Waals surface area contributed by atoms with E-state index in [0.717, 1.165) is 11.4 Å². The highest BCUT2D eigenvalue weighted by molar-refractivity contribution is 6.31. The Kier molecular flexibility index (Phi) is 7.03. The maximum atomic E-state index is 12.4. The first-order valence-electron chi connectivity index (χ1n) is 9.38. The van der Waals surface area contributed by atoms with Gasteiger partial charge in [-0.1, -0.05) is 29.8 Å². The molecule has 1 aromatic heterocycles. The van der Waals surface area contributed by atoms with E-state index in [1.165, 1.54) is 0 Å². The average Bonchev–Trinajstić information content (AvgIpc) is 2.67. The molecule has 3 aromatic rings. The molecule has 1 heterocycles. The van der Waals surface area contributed by atoms with E-state index in [1.54, 1.807) is 18.2 Å². The van der Waals surface area contributed by atoms with E-state index < -0.39 is 0 Å². The van der Waals surface area contributed by atoms with Gasteiger partial charge in [0.1, 0.15) is 5.75 Å². The third-order valence-corrected chi connectivity index (χ3v) is 4.27. The molecular weight excluding hydrogens is 388 g/mol. The smallest absolute Gasteiger partial charge is 0.224 e. The summed E-state index contributed by atoms with van der Waals surface area (Å²) in [6.45, 7) is 4.44. The first-order chi connectivity index (χ1) is 14.0. The molecule has 1 amide bonds. The van der Waals surface area contributed by atoms with Crippen LogP contribution >= 0.6 is 11.6 Å². The molecule has 0 saturated heterocycles. The number of nitrogens with zero attached hydrogens (tertiary/aromatic N) is 2. The van der Waals surface area contributed by atoms with Crippen LogP contribution in [-0.2, 0) is 4.79 Å². The fourth-order valence-electron chi connectivity index (χ4n) is 2.77. The predicted molar refractivity (Wildman–Crippen MR) is 116 cm³/mol. The van der Waals surface area contributed by atoms with Crippen molar-refractivity contribution in [3.05, 3.63) is 71.0 Å². The number of halogens is 1. The summed E-state index contributed by atoms with van der Waals surface area (Å²) in [6.07, 6.45) is 0.979. The fourth-order valence-corrected chi connectivity index (χ4v) is 2.94. The first kappa shape index (κ1) is 20.6. The number of amides is 1. The van der Waals surface area contributed by atoms with E-state index >= 15 is 0 Å². The zero-order valence-electron chi connectivity index (χ0n) is 16.4. The highest BCUT2D eigenvalue weighted by atomic mass is 35.5. The molecule has 6 nitrogen and oxygen atoms in total. The number of carbonyl (C=O) groups excluding carboxylic acids is 1. The molecular formula is C22H23ClN4O2. The lowest BCUT2D eigenvalue weighted by atomic mass is 10.2. The Morgan fingerprint density at radius 3 is 2.48 bits per heavy atom. The normalized spacial score (nSPS) is 10.4. The van der Waals surface area contributed by atoms with Crippen molar-refractivity contribution in [3.8, 4) is 11.5 Å². The van der Waals surface area contributed by atoms with Crippen molar-refractivity contribution in [1.29, 1.82) is 0 Å². The zero-order valence-corrected chi connectivity index (χ0v) is 17.2. The number of anilines is 2. The molecule has 29 heavy (non-hydrogen) atoms. The van der Waals surface area contributed by atoms with Gasteiger partial charge in [-0.2, -0.15) is 0 Å². The van der Waals surface area contributed by atoms with Crippen LogP contribution in [-0.4, -0.2) is 22.4 Å². The highest BCUT2D eigenvalue weighted by Crippen LogP contribution is 2.32. The van der Waals surface area contributed by atoms with Crippen LogP contribution in [0.15, 0.2) is 54.6 Å². The van der Waals surface area contributed by atoms with E-state index in [9.17, 15) is 4.79 Å². The number of carbonyl (C=O) groups is 1. The van der Waals surface area contributed by atoms with E-state index in [0.29, 0.717) is 47.5 Å². The number of rotatable bonds is 8. The lowest BCUT2D eigenvalue weighted by molar-refractivity contribution is -0.116. The van der Waals surface area contributed by atoms with Gasteiger partial charge in [-0.15, -0.1) is 0 Å². The van der Waals surface area contributed by atoms with Gasteiger partial charge in [0.15, 0.2) is 5.75 Å². The molecule has 0 spiro atoms. The third kappa shape index (κ3) is 6.47. The van der Waals surface area contributed by atoms with Crippen LogP contribution in [0.2, 0.25) is 5.02 Å². The van der Waals surface area contributed by atoms with Gasteiger partial charge < -0.3 is 15.4 Å². The van der Waals surface area contributed by atoms with Gasteiger partial charge in [0.25, 0.3) is 0 Å². The SMILES string of the molecule is Cc1cc(C)nc(NCCCC(=O)Nc2cc(Cl)ccc2Oc2ccccc2)n1. The van der Waals surface area contributed by atoms with Gasteiger partial charge in [-0.25, -0.2) is 9.97 Å². The van der Waals surface area contributed by atoms with Crippen LogP contribution < -0.4 is 15.4 Å². The molecule has 0 atom stereocenters. The van der Waals surface area contributed by atoms with Crippen LogP contribution in [0.1, 0.15) is 24.2 Å². The minimum Gasteiger partial charge on any atom is -0.455 e. The minimum absolute atomic E-state index is 0.117. The molecule has 0 radical (unpaired) electrons. The monoisotopic (exact) mass is 410 g/mol. The van der Waals surface area contributed by atoms with Crippen LogP contribution in [0.5, 0.6) is 11.5 Å². The van der Waals surface area contributed by atoms with Gasteiger partial charge in [-0.05, 0) is 56.7 Å². The third-order valence-electron chi connectivity index (χ3n) is 4.03. The second-order valence-corrected chi connectivity index (χ2v) is 7.04. The molecule has 0 bridgehead atoms. The van der Waals surface area contributed by atoms with Crippen molar-refractivity contribution < 1.29 is 9.53 Å². The van der Waals surface area contributed by atoms with Crippen LogP contribution in [0.3, 0.4) is 0 Å². The fraction of sp³-hybridized carbons (Fsp3) is 0.227. The molecule has 0 aliphatic carbocycles. The van der Waals surface area contributed by atoms with E-state index in [1.807, 2.05) is 50.2 Å². The molecule has 0 saturated carbocycles. The summed E-state index contributed by atoms with van der Waals surface area (Å²) < 4.78 is 5.87.